The minimum Gasteiger partial charge on any atom is -0.482 e. The summed E-state index contributed by atoms with van der Waals surface area (Å²) >= 11 is 0. The molecule has 1 aromatic heterocycles. The van der Waals surface area contributed by atoms with E-state index in [1.54, 1.807) is 19.2 Å². The highest BCUT2D eigenvalue weighted by molar-refractivity contribution is 5.96. The number of anilines is 2. The molecule has 2 aliphatic heterocycles. The summed E-state index contributed by atoms with van der Waals surface area (Å²) in [5.74, 6) is 0.699. The zero-order valence-electron chi connectivity index (χ0n) is 19.3. The summed E-state index contributed by atoms with van der Waals surface area (Å²) in [6.45, 7) is 5.14. The van der Waals surface area contributed by atoms with Gasteiger partial charge >= 0.3 is 0 Å². The van der Waals surface area contributed by atoms with Gasteiger partial charge in [0, 0.05) is 20.1 Å². The molecule has 3 aromatic rings. The molecule has 2 aromatic carbocycles. The van der Waals surface area contributed by atoms with Gasteiger partial charge in [0.05, 0.1) is 28.0 Å². The van der Waals surface area contributed by atoms with Gasteiger partial charge in [0.25, 0.3) is 11.5 Å². The van der Waals surface area contributed by atoms with Crippen molar-refractivity contribution in [3.05, 3.63) is 64.7 Å². The summed E-state index contributed by atoms with van der Waals surface area (Å²) in [5, 5.41) is 9.13. The predicted octanol–water partition coefficient (Wildman–Crippen LogP) is 1.73. The summed E-state index contributed by atoms with van der Waals surface area (Å²) in [7, 11) is 1.62. The van der Waals surface area contributed by atoms with Crippen molar-refractivity contribution in [3.63, 3.8) is 0 Å². The average molecular weight is 475 g/mol. The van der Waals surface area contributed by atoms with Crippen molar-refractivity contribution in [2.24, 2.45) is 0 Å². The molecular weight excluding hydrogens is 448 g/mol. The summed E-state index contributed by atoms with van der Waals surface area (Å²) in [6.07, 6.45) is 1.61. The minimum absolute atomic E-state index is 0.00826. The second kappa shape index (κ2) is 9.13. The molecule has 0 spiro atoms. The number of carbonyl (C=O) groups excluding carboxylic acids is 2. The van der Waals surface area contributed by atoms with Crippen LogP contribution in [0.3, 0.4) is 0 Å². The Kier molecular flexibility index (Phi) is 5.86. The third kappa shape index (κ3) is 4.30. The van der Waals surface area contributed by atoms with Gasteiger partial charge in [-0.2, -0.15) is 0 Å². The van der Waals surface area contributed by atoms with Gasteiger partial charge in [-0.15, -0.1) is 0 Å². The van der Waals surface area contributed by atoms with Crippen LogP contribution in [0.4, 0.5) is 11.4 Å². The first kappa shape index (κ1) is 22.5. The number of carbonyl (C=O) groups is 2. The van der Waals surface area contributed by atoms with Crippen LogP contribution in [0.25, 0.3) is 16.6 Å². The smallest absolute Gasteiger partial charge is 0.262 e. The topological polar surface area (TPSA) is 128 Å². The van der Waals surface area contributed by atoms with Crippen molar-refractivity contribution in [2.75, 3.05) is 30.4 Å². The number of H-pyrrole nitrogens is 1. The fraction of sp³-hybridized carbons (Fsp3) is 0.280. The molecule has 35 heavy (non-hydrogen) atoms. The number of benzene rings is 2. The van der Waals surface area contributed by atoms with E-state index in [2.05, 4.69) is 32.5 Å². The van der Waals surface area contributed by atoms with Crippen molar-refractivity contribution < 1.29 is 14.3 Å². The Morgan fingerprint density at radius 1 is 1.29 bits per heavy atom. The van der Waals surface area contributed by atoms with Gasteiger partial charge in [0.1, 0.15) is 11.8 Å². The van der Waals surface area contributed by atoms with Crippen LogP contribution in [0.2, 0.25) is 0 Å². The maximum absolute atomic E-state index is 13.1. The van der Waals surface area contributed by atoms with Crippen LogP contribution in [-0.2, 0) is 16.1 Å². The van der Waals surface area contributed by atoms with Crippen LogP contribution in [0.5, 0.6) is 5.75 Å². The zero-order valence-corrected chi connectivity index (χ0v) is 19.3. The maximum Gasteiger partial charge on any atom is 0.262 e. The molecule has 0 aliphatic carbocycles. The Bertz CT molecular complexity index is 1400. The third-order valence-electron chi connectivity index (χ3n) is 6.29. The normalized spacial score (nSPS) is 16.9. The molecule has 1 fully saturated rings. The van der Waals surface area contributed by atoms with Gasteiger partial charge in [-0.05, 0) is 42.7 Å². The lowest BCUT2D eigenvalue weighted by Crippen LogP contribution is -2.42. The molecule has 0 saturated carbocycles. The van der Waals surface area contributed by atoms with Gasteiger partial charge in [-0.3, -0.25) is 14.4 Å². The average Bonchev–Trinajstić information content (AvgIpc) is 3.36. The SMILES string of the molecule is C=C(NCc1ccc2c(c1)NC(=O)CO2)c1nc2cccc(N3CCC[C@@H]3C(=O)NC)c2c(=O)[nH]1. The lowest BCUT2D eigenvalue weighted by molar-refractivity contribution is -0.121. The minimum atomic E-state index is -0.312. The van der Waals surface area contributed by atoms with Crippen molar-refractivity contribution >= 4 is 39.8 Å². The molecule has 180 valence electrons. The number of aromatic nitrogens is 2. The molecular formula is C25H26N6O4. The molecule has 0 radical (unpaired) electrons. The quantitative estimate of drug-likeness (QED) is 0.428. The lowest BCUT2D eigenvalue weighted by atomic mass is 10.1. The zero-order chi connectivity index (χ0) is 24.5. The Hall–Kier alpha value is -4.34. The first-order valence-electron chi connectivity index (χ1n) is 11.4. The van der Waals surface area contributed by atoms with E-state index in [-0.39, 0.29) is 30.0 Å². The van der Waals surface area contributed by atoms with Crippen LogP contribution in [0, 0.1) is 0 Å². The molecule has 2 aliphatic rings. The maximum atomic E-state index is 13.1. The molecule has 0 bridgehead atoms. The number of nitrogens with one attached hydrogen (secondary N) is 4. The molecule has 5 rings (SSSR count). The van der Waals surface area contributed by atoms with E-state index < -0.39 is 0 Å². The van der Waals surface area contributed by atoms with E-state index in [1.807, 2.05) is 29.2 Å². The second-order valence-electron chi connectivity index (χ2n) is 8.55. The summed E-state index contributed by atoms with van der Waals surface area (Å²) < 4.78 is 5.39. The van der Waals surface area contributed by atoms with Gasteiger partial charge < -0.3 is 30.6 Å². The van der Waals surface area contributed by atoms with E-state index in [9.17, 15) is 14.4 Å². The number of aromatic amines is 1. The fourth-order valence-electron chi connectivity index (χ4n) is 4.58. The van der Waals surface area contributed by atoms with Crippen LogP contribution in [-0.4, -0.2) is 48.0 Å². The van der Waals surface area contributed by atoms with Crippen LogP contribution >= 0.6 is 0 Å². The van der Waals surface area contributed by atoms with Crippen LogP contribution < -0.4 is 31.1 Å². The highest BCUT2D eigenvalue weighted by Crippen LogP contribution is 2.31. The lowest BCUT2D eigenvalue weighted by Gasteiger charge is -2.26. The summed E-state index contributed by atoms with van der Waals surface area (Å²) in [5.41, 5.74) is 2.91. The summed E-state index contributed by atoms with van der Waals surface area (Å²) in [4.78, 5) is 46.5. The standard InChI is InChI=1S/C25H26N6O4/c1-14(27-12-15-8-9-20-17(11-15)28-21(32)13-35-20)23-29-16-5-3-6-18(22(16)25(34)30-23)31-10-4-7-19(31)24(33)26-2/h3,5-6,8-9,11,19,27H,1,4,7,10,12-13H2,2H3,(H,26,33)(H,28,32)(H,29,30,34)/t19-/m1/s1. The van der Waals surface area contributed by atoms with E-state index >= 15 is 0 Å². The van der Waals surface area contributed by atoms with Crippen molar-refractivity contribution in [3.8, 4) is 5.75 Å². The van der Waals surface area contributed by atoms with E-state index in [4.69, 9.17) is 4.74 Å². The van der Waals surface area contributed by atoms with Gasteiger partial charge in [0.2, 0.25) is 5.91 Å². The number of hydrogen-bond acceptors (Lipinski definition) is 7. The first-order valence-corrected chi connectivity index (χ1v) is 11.4. The summed E-state index contributed by atoms with van der Waals surface area (Å²) in [6, 6.07) is 10.7. The van der Waals surface area contributed by atoms with Gasteiger partial charge in [0.15, 0.2) is 12.4 Å². The number of rotatable bonds is 6. The fourth-order valence-corrected chi connectivity index (χ4v) is 4.58. The molecule has 10 heteroatoms. The van der Waals surface area contributed by atoms with Crippen molar-refractivity contribution in [1.29, 1.82) is 0 Å². The van der Waals surface area contributed by atoms with Gasteiger partial charge in [-0.1, -0.05) is 18.7 Å². The van der Waals surface area contributed by atoms with Gasteiger partial charge in [-0.25, -0.2) is 4.98 Å². The highest BCUT2D eigenvalue weighted by atomic mass is 16.5. The number of fused-ring (bicyclic) bond motifs is 2. The number of amides is 2. The molecule has 4 N–H and O–H groups in total. The third-order valence-corrected chi connectivity index (χ3v) is 6.29. The number of hydrogen-bond donors (Lipinski definition) is 4. The number of nitrogens with zero attached hydrogens (tertiary/aromatic N) is 2. The van der Waals surface area contributed by atoms with Crippen molar-refractivity contribution in [1.82, 2.24) is 20.6 Å². The van der Waals surface area contributed by atoms with Crippen LogP contribution in [0.1, 0.15) is 24.2 Å². The van der Waals surface area contributed by atoms with E-state index in [0.717, 1.165) is 18.4 Å². The van der Waals surface area contributed by atoms with E-state index in [1.165, 1.54) is 0 Å². The molecule has 10 nitrogen and oxygen atoms in total. The van der Waals surface area contributed by atoms with Crippen molar-refractivity contribution in [2.45, 2.75) is 25.4 Å². The number of ether oxygens (including phenoxy) is 1. The number of likely N-dealkylation sites (N-methyl/N-ethyl adjacent to an activating group) is 1. The molecule has 1 saturated heterocycles. The highest BCUT2D eigenvalue weighted by Gasteiger charge is 2.31. The Morgan fingerprint density at radius 2 is 2.14 bits per heavy atom. The van der Waals surface area contributed by atoms with E-state index in [0.29, 0.717) is 52.6 Å². The monoisotopic (exact) mass is 474 g/mol. The Morgan fingerprint density at radius 3 is 2.97 bits per heavy atom. The largest absolute Gasteiger partial charge is 0.482 e. The first-order chi connectivity index (χ1) is 16.9. The molecule has 2 amide bonds. The molecule has 0 unspecified atom stereocenters. The van der Waals surface area contributed by atoms with Crippen LogP contribution in [0.15, 0.2) is 47.8 Å². The Balaban J connectivity index is 1.38. The molecule has 3 heterocycles. The Labute approximate surface area is 201 Å². The molecule has 1 atom stereocenters. The predicted molar refractivity (Wildman–Crippen MR) is 133 cm³/mol. The second-order valence-corrected chi connectivity index (χ2v) is 8.55.